The zero-order valence-electron chi connectivity index (χ0n) is 16.0. The van der Waals surface area contributed by atoms with Gasteiger partial charge in [-0.05, 0) is 48.7 Å². The standard InChI is InChI=1S/C21H24ClNO4/c1-14-5-7-18(25-2)16(11-14)9-10-23-20(24)8-6-15-12-17(22)21(27-4)19(13-15)26-3/h5-8,11-13H,9-10H2,1-4H3,(H,23,24)/b8-6+. The fourth-order valence-electron chi connectivity index (χ4n) is 2.69. The summed E-state index contributed by atoms with van der Waals surface area (Å²) in [5.74, 6) is 1.61. The Morgan fingerprint density at radius 2 is 1.81 bits per heavy atom. The van der Waals surface area contributed by atoms with Gasteiger partial charge in [-0.25, -0.2) is 0 Å². The van der Waals surface area contributed by atoms with E-state index in [4.69, 9.17) is 25.8 Å². The average Bonchev–Trinajstić information content (AvgIpc) is 2.66. The predicted molar refractivity (Wildman–Crippen MR) is 108 cm³/mol. The van der Waals surface area contributed by atoms with Gasteiger partial charge in [-0.1, -0.05) is 29.3 Å². The lowest BCUT2D eigenvalue weighted by Crippen LogP contribution is -2.23. The smallest absolute Gasteiger partial charge is 0.244 e. The number of rotatable bonds is 8. The van der Waals surface area contributed by atoms with Crippen molar-refractivity contribution in [3.8, 4) is 17.2 Å². The van der Waals surface area contributed by atoms with Crippen molar-refractivity contribution < 1.29 is 19.0 Å². The Kier molecular flexibility index (Phi) is 7.55. The van der Waals surface area contributed by atoms with Crippen LogP contribution in [0.3, 0.4) is 0 Å². The second-order valence-corrected chi connectivity index (χ2v) is 6.34. The summed E-state index contributed by atoms with van der Waals surface area (Å²) in [6, 6.07) is 9.47. The van der Waals surface area contributed by atoms with Crippen molar-refractivity contribution in [2.75, 3.05) is 27.9 Å². The second kappa shape index (κ2) is 9.88. The summed E-state index contributed by atoms with van der Waals surface area (Å²) in [7, 11) is 4.70. The first-order chi connectivity index (χ1) is 13.0. The third-order valence-corrected chi connectivity index (χ3v) is 4.29. The van der Waals surface area contributed by atoms with E-state index in [1.807, 2.05) is 19.1 Å². The summed E-state index contributed by atoms with van der Waals surface area (Å²) in [6.07, 6.45) is 3.83. The summed E-state index contributed by atoms with van der Waals surface area (Å²) in [5, 5.41) is 3.29. The lowest BCUT2D eigenvalue weighted by Gasteiger charge is -2.10. The van der Waals surface area contributed by atoms with Crippen LogP contribution in [0.2, 0.25) is 5.02 Å². The van der Waals surface area contributed by atoms with Crippen molar-refractivity contribution in [1.82, 2.24) is 5.32 Å². The number of hydrogen-bond acceptors (Lipinski definition) is 4. The van der Waals surface area contributed by atoms with Crippen LogP contribution in [0.4, 0.5) is 0 Å². The number of ether oxygens (including phenoxy) is 3. The molecule has 0 atom stereocenters. The van der Waals surface area contributed by atoms with Crippen molar-refractivity contribution >= 4 is 23.6 Å². The number of nitrogens with one attached hydrogen (secondary N) is 1. The molecule has 0 unspecified atom stereocenters. The van der Waals surface area contributed by atoms with Gasteiger partial charge < -0.3 is 19.5 Å². The normalized spacial score (nSPS) is 10.7. The average molecular weight is 390 g/mol. The molecule has 27 heavy (non-hydrogen) atoms. The summed E-state index contributed by atoms with van der Waals surface area (Å²) >= 11 is 6.17. The summed E-state index contributed by atoms with van der Waals surface area (Å²) < 4.78 is 15.8. The SMILES string of the molecule is COc1ccc(C)cc1CCNC(=O)/C=C/c1cc(Cl)c(OC)c(OC)c1. The molecular weight excluding hydrogens is 366 g/mol. The molecule has 0 radical (unpaired) electrons. The number of hydrogen-bond donors (Lipinski definition) is 1. The Morgan fingerprint density at radius 1 is 1.07 bits per heavy atom. The van der Waals surface area contributed by atoms with Gasteiger partial charge in [-0.3, -0.25) is 4.79 Å². The van der Waals surface area contributed by atoms with Crippen LogP contribution in [0.1, 0.15) is 16.7 Å². The highest BCUT2D eigenvalue weighted by molar-refractivity contribution is 6.32. The molecule has 0 saturated heterocycles. The van der Waals surface area contributed by atoms with E-state index in [0.717, 1.165) is 22.4 Å². The molecule has 0 spiro atoms. The zero-order valence-corrected chi connectivity index (χ0v) is 16.7. The van der Waals surface area contributed by atoms with E-state index in [2.05, 4.69) is 11.4 Å². The molecular formula is C21H24ClNO4. The molecule has 2 aromatic carbocycles. The van der Waals surface area contributed by atoms with Crippen LogP contribution in [-0.4, -0.2) is 33.8 Å². The second-order valence-electron chi connectivity index (χ2n) is 5.93. The molecule has 2 aromatic rings. The number of benzene rings is 2. The van der Waals surface area contributed by atoms with E-state index in [-0.39, 0.29) is 5.91 Å². The van der Waals surface area contributed by atoms with E-state index in [0.29, 0.717) is 29.5 Å². The fraction of sp³-hybridized carbons (Fsp3) is 0.286. The fourth-order valence-corrected chi connectivity index (χ4v) is 2.98. The molecule has 0 saturated carbocycles. The first-order valence-electron chi connectivity index (χ1n) is 8.49. The van der Waals surface area contributed by atoms with E-state index in [1.165, 1.54) is 20.3 Å². The monoisotopic (exact) mass is 389 g/mol. The van der Waals surface area contributed by atoms with E-state index in [1.54, 1.807) is 25.3 Å². The number of carbonyl (C=O) groups excluding carboxylic acids is 1. The highest BCUT2D eigenvalue weighted by Gasteiger charge is 2.10. The number of methoxy groups -OCH3 is 3. The van der Waals surface area contributed by atoms with Crippen LogP contribution in [0.5, 0.6) is 17.2 Å². The lowest BCUT2D eigenvalue weighted by molar-refractivity contribution is -0.116. The number of amides is 1. The molecule has 0 aromatic heterocycles. The summed E-state index contributed by atoms with van der Waals surface area (Å²) in [6.45, 7) is 2.54. The first kappa shape index (κ1) is 20.6. The maximum Gasteiger partial charge on any atom is 0.244 e. The minimum atomic E-state index is -0.187. The quantitative estimate of drug-likeness (QED) is 0.692. The van der Waals surface area contributed by atoms with Crippen LogP contribution in [0.25, 0.3) is 6.08 Å². The molecule has 6 heteroatoms. The molecule has 0 bridgehead atoms. The molecule has 0 aliphatic carbocycles. The van der Waals surface area contributed by atoms with Crippen molar-refractivity contribution in [3.63, 3.8) is 0 Å². The highest BCUT2D eigenvalue weighted by Crippen LogP contribution is 2.36. The van der Waals surface area contributed by atoms with Crippen LogP contribution < -0.4 is 19.5 Å². The predicted octanol–water partition coefficient (Wildman–Crippen LogP) is 4.05. The molecule has 0 fully saturated rings. The van der Waals surface area contributed by atoms with E-state index < -0.39 is 0 Å². The van der Waals surface area contributed by atoms with Gasteiger partial charge in [0.1, 0.15) is 5.75 Å². The third kappa shape index (κ3) is 5.66. The molecule has 0 aliphatic rings. The van der Waals surface area contributed by atoms with Crippen molar-refractivity contribution in [3.05, 3.63) is 58.1 Å². The Bertz CT molecular complexity index is 833. The van der Waals surface area contributed by atoms with Gasteiger partial charge in [0, 0.05) is 12.6 Å². The number of carbonyl (C=O) groups is 1. The van der Waals surface area contributed by atoms with Crippen LogP contribution in [0, 0.1) is 6.92 Å². The van der Waals surface area contributed by atoms with Crippen LogP contribution in [0.15, 0.2) is 36.4 Å². The Balaban J connectivity index is 1.96. The van der Waals surface area contributed by atoms with Crippen LogP contribution in [-0.2, 0) is 11.2 Å². The van der Waals surface area contributed by atoms with Crippen molar-refractivity contribution in [1.29, 1.82) is 0 Å². The minimum absolute atomic E-state index is 0.187. The van der Waals surface area contributed by atoms with Gasteiger partial charge in [-0.2, -0.15) is 0 Å². The molecule has 1 N–H and O–H groups in total. The zero-order chi connectivity index (χ0) is 19.8. The minimum Gasteiger partial charge on any atom is -0.496 e. The van der Waals surface area contributed by atoms with Crippen molar-refractivity contribution in [2.45, 2.75) is 13.3 Å². The molecule has 5 nitrogen and oxygen atoms in total. The molecule has 0 heterocycles. The van der Waals surface area contributed by atoms with Crippen LogP contribution >= 0.6 is 11.6 Å². The lowest BCUT2D eigenvalue weighted by atomic mass is 10.1. The highest BCUT2D eigenvalue weighted by atomic mass is 35.5. The topological polar surface area (TPSA) is 56.8 Å². The van der Waals surface area contributed by atoms with Gasteiger partial charge >= 0.3 is 0 Å². The third-order valence-electron chi connectivity index (χ3n) is 4.01. The van der Waals surface area contributed by atoms with E-state index >= 15 is 0 Å². The Morgan fingerprint density at radius 3 is 2.48 bits per heavy atom. The van der Waals surface area contributed by atoms with Gasteiger partial charge in [0.15, 0.2) is 11.5 Å². The van der Waals surface area contributed by atoms with Gasteiger partial charge in [0.25, 0.3) is 0 Å². The molecule has 2 rings (SSSR count). The van der Waals surface area contributed by atoms with Gasteiger partial charge in [0.05, 0.1) is 26.4 Å². The summed E-state index contributed by atoms with van der Waals surface area (Å²) in [4.78, 5) is 12.1. The maximum atomic E-state index is 12.1. The molecule has 1 amide bonds. The van der Waals surface area contributed by atoms with Crippen molar-refractivity contribution in [2.24, 2.45) is 0 Å². The number of halogens is 1. The van der Waals surface area contributed by atoms with Gasteiger partial charge in [0.2, 0.25) is 5.91 Å². The Hall–Kier alpha value is -2.66. The Labute approximate surface area is 164 Å². The number of aryl methyl sites for hydroxylation is 1. The molecule has 144 valence electrons. The molecule has 0 aliphatic heterocycles. The largest absolute Gasteiger partial charge is 0.496 e. The first-order valence-corrected chi connectivity index (χ1v) is 8.87. The van der Waals surface area contributed by atoms with E-state index in [9.17, 15) is 4.79 Å². The summed E-state index contributed by atoms with van der Waals surface area (Å²) in [5.41, 5.74) is 2.96. The van der Waals surface area contributed by atoms with Gasteiger partial charge in [-0.15, -0.1) is 0 Å². The maximum absolute atomic E-state index is 12.1.